The third kappa shape index (κ3) is 0.960. The number of nitrogen functional groups attached to an aromatic ring is 1. The summed E-state index contributed by atoms with van der Waals surface area (Å²) in [6, 6.07) is 6.00. The molecule has 1 aliphatic rings. The number of aromatic amines is 1. The van der Waals surface area contributed by atoms with Gasteiger partial charge in [-0.05, 0) is 6.07 Å². The molecule has 0 fully saturated rings. The highest BCUT2D eigenvalue weighted by molar-refractivity contribution is 5.93. The van der Waals surface area contributed by atoms with Gasteiger partial charge in [-0.25, -0.2) is 0 Å². The maximum absolute atomic E-state index is 5.90. The van der Waals surface area contributed by atoms with E-state index in [1.165, 1.54) is 16.6 Å². The molecule has 14 heavy (non-hydrogen) atoms. The van der Waals surface area contributed by atoms with Crippen molar-refractivity contribution in [2.24, 2.45) is 0 Å². The van der Waals surface area contributed by atoms with E-state index in [2.05, 4.69) is 11.1 Å². The largest absolute Gasteiger partial charge is 0.397 e. The van der Waals surface area contributed by atoms with Gasteiger partial charge in [0.2, 0.25) is 0 Å². The number of aromatic nitrogens is 1. The molecule has 2 heterocycles. The molecule has 0 radical (unpaired) electrons. The molecule has 0 spiro atoms. The van der Waals surface area contributed by atoms with Crippen LogP contribution in [-0.2, 0) is 17.8 Å². The van der Waals surface area contributed by atoms with Crippen molar-refractivity contribution in [3.63, 3.8) is 0 Å². The van der Waals surface area contributed by atoms with Crippen molar-refractivity contribution in [3.8, 4) is 0 Å². The summed E-state index contributed by atoms with van der Waals surface area (Å²) < 4.78 is 5.44. The van der Waals surface area contributed by atoms with Crippen LogP contribution in [0.3, 0.4) is 0 Å². The smallest absolute Gasteiger partial charge is 0.0740 e. The zero-order valence-corrected chi connectivity index (χ0v) is 7.84. The molecule has 1 aromatic carbocycles. The van der Waals surface area contributed by atoms with Crippen molar-refractivity contribution in [1.29, 1.82) is 0 Å². The van der Waals surface area contributed by atoms with Crippen molar-refractivity contribution in [2.75, 3.05) is 12.3 Å². The van der Waals surface area contributed by atoms with E-state index in [4.69, 9.17) is 10.5 Å². The zero-order valence-electron chi connectivity index (χ0n) is 7.84. The van der Waals surface area contributed by atoms with Crippen LogP contribution in [0, 0.1) is 0 Å². The fourth-order valence-corrected chi connectivity index (χ4v) is 2.08. The van der Waals surface area contributed by atoms with Gasteiger partial charge < -0.3 is 15.5 Å². The number of benzene rings is 1. The maximum Gasteiger partial charge on any atom is 0.0740 e. The molecule has 72 valence electrons. The first kappa shape index (κ1) is 7.88. The number of H-pyrrole nitrogens is 1. The summed E-state index contributed by atoms with van der Waals surface area (Å²) >= 11 is 0. The molecule has 2 aromatic rings. The molecule has 3 heteroatoms. The molecule has 0 unspecified atom stereocenters. The van der Waals surface area contributed by atoms with Gasteiger partial charge >= 0.3 is 0 Å². The molecule has 0 aliphatic carbocycles. The summed E-state index contributed by atoms with van der Waals surface area (Å²) in [5.41, 5.74) is 10.3. The van der Waals surface area contributed by atoms with Crippen LogP contribution in [0.5, 0.6) is 0 Å². The summed E-state index contributed by atoms with van der Waals surface area (Å²) in [6.07, 6.45) is 0.962. The molecule has 1 aromatic heterocycles. The molecule has 0 saturated carbocycles. The minimum Gasteiger partial charge on any atom is -0.397 e. The highest BCUT2D eigenvalue weighted by Crippen LogP contribution is 2.29. The van der Waals surface area contributed by atoms with Gasteiger partial charge in [-0.3, -0.25) is 0 Å². The quantitative estimate of drug-likeness (QED) is 0.619. The van der Waals surface area contributed by atoms with Crippen molar-refractivity contribution in [1.82, 2.24) is 4.98 Å². The van der Waals surface area contributed by atoms with Crippen LogP contribution in [0.4, 0.5) is 5.69 Å². The molecule has 0 bridgehead atoms. The second kappa shape index (κ2) is 2.75. The molecule has 0 atom stereocenters. The Hall–Kier alpha value is -1.48. The molecule has 0 saturated heterocycles. The van der Waals surface area contributed by atoms with Crippen molar-refractivity contribution < 1.29 is 4.74 Å². The topological polar surface area (TPSA) is 51.0 Å². The number of hydrogen-bond donors (Lipinski definition) is 2. The predicted octanol–water partition coefficient (Wildman–Crippen LogP) is 1.82. The normalized spacial score (nSPS) is 15.7. The van der Waals surface area contributed by atoms with Crippen LogP contribution < -0.4 is 5.73 Å². The lowest BCUT2D eigenvalue weighted by Gasteiger charge is -2.11. The Labute approximate surface area is 81.9 Å². The van der Waals surface area contributed by atoms with Crippen LogP contribution in [0.2, 0.25) is 0 Å². The van der Waals surface area contributed by atoms with Gasteiger partial charge in [-0.2, -0.15) is 0 Å². The number of ether oxygens (including phenoxy) is 1. The number of rotatable bonds is 0. The molecular formula is C11H12N2O. The van der Waals surface area contributed by atoms with Gasteiger partial charge in [0.15, 0.2) is 0 Å². The number of para-hydroxylation sites is 1. The summed E-state index contributed by atoms with van der Waals surface area (Å²) in [4.78, 5) is 3.38. The zero-order chi connectivity index (χ0) is 9.54. The highest BCUT2D eigenvalue weighted by atomic mass is 16.5. The SMILES string of the molecule is Nc1cccc2c3c([nH]c12)CCOC3. The highest BCUT2D eigenvalue weighted by Gasteiger charge is 2.16. The summed E-state index contributed by atoms with van der Waals surface area (Å²) in [5.74, 6) is 0. The molecule has 3 nitrogen and oxygen atoms in total. The number of nitrogens with two attached hydrogens (primary N) is 1. The number of fused-ring (bicyclic) bond motifs is 3. The van der Waals surface area contributed by atoms with E-state index in [0.717, 1.165) is 24.2 Å². The van der Waals surface area contributed by atoms with Crippen LogP contribution in [0.1, 0.15) is 11.3 Å². The third-order valence-corrected chi connectivity index (χ3v) is 2.80. The standard InChI is InChI=1S/C11H12N2O/c12-9-3-1-2-7-8-6-14-5-4-10(8)13-11(7)9/h1-3,13H,4-6,12H2. The van der Waals surface area contributed by atoms with Crippen LogP contribution in [-0.4, -0.2) is 11.6 Å². The summed E-state index contributed by atoms with van der Waals surface area (Å²) in [7, 11) is 0. The third-order valence-electron chi connectivity index (χ3n) is 2.80. The first-order valence-electron chi connectivity index (χ1n) is 4.82. The van der Waals surface area contributed by atoms with Gasteiger partial charge in [0.05, 0.1) is 24.4 Å². The summed E-state index contributed by atoms with van der Waals surface area (Å²) in [6.45, 7) is 1.51. The number of hydrogen-bond acceptors (Lipinski definition) is 2. The molecular weight excluding hydrogens is 176 g/mol. The first-order valence-corrected chi connectivity index (χ1v) is 4.82. The molecule has 3 rings (SSSR count). The Morgan fingerprint density at radius 3 is 3.21 bits per heavy atom. The average Bonchev–Trinajstić information content (AvgIpc) is 2.59. The Bertz CT molecular complexity index is 487. The van der Waals surface area contributed by atoms with Gasteiger partial charge in [0, 0.05) is 23.1 Å². The van der Waals surface area contributed by atoms with E-state index < -0.39 is 0 Å². The van der Waals surface area contributed by atoms with E-state index >= 15 is 0 Å². The van der Waals surface area contributed by atoms with E-state index in [0.29, 0.717) is 6.61 Å². The van der Waals surface area contributed by atoms with Crippen molar-refractivity contribution in [2.45, 2.75) is 13.0 Å². The Balaban J connectivity index is 2.36. The van der Waals surface area contributed by atoms with Crippen molar-refractivity contribution in [3.05, 3.63) is 29.5 Å². The monoisotopic (exact) mass is 188 g/mol. The Morgan fingerprint density at radius 2 is 2.29 bits per heavy atom. The van der Waals surface area contributed by atoms with Crippen LogP contribution in [0.15, 0.2) is 18.2 Å². The average molecular weight is 188 g/mol. The Kier molecular flexibility index (Phi) is 1.55. The second-order valence-electron chi connectivity index (χ2n) is 3.65. The summed E-state index contributed by atoms with van der Waals surface area (Å²) in [5, 5.41) is 1.21. The van der Waals surface area contributed by atoms with E-state index in [1.54, 1.807) is 0 Å². The fourth-order valence-electron chi connectivity index (χ4n) is 2.08. The lowest BCUT2D eigenvalue weighted by molar-refractivity contribution is 0.111. The number of anilines is 1. The van der Waals surface area contributed by atoms with Gasteiger partial charge in [-0.1, -0.05) is 12.1 Å². The van der Waals surface area contributed by atoms with Crippen molar-refractivity contribution >= 4 is 16.6 Å². The van der Waals surface area contributed by atoms with Crippen LogP contribution in [0.25, 0.3) is 10.9 Å². The first-order chi connectivity index (χ1) is 6.86. The van der Waals surface area contributed by atoms with Gasteiger partial charge in [-0.15, -0.1) is 0 Å². The van der Waals surface area contributed by atoms with Crippen LogP contribution >= 0.6 is 0 Å². The van der Waals surface area contributed by atoms with Gasteiger partial charge in [0.1, 0.15) is 0 Å². The maximum atomic E-state index is 5.90. The lowest BCUT2D eigenvalue weighted by Crippen LogP contribution is -2.08. The Morgan fingerprint density at radius 1 is 1.36 bits per heavy atom. The minimum absolute atomic E-state index is 0.707. The second-order valence-corrected chi connectivity index (χ2v) is 3.65. The van der Waals surface area contributed by atoms with Gasteiger partial charge in [0.25, 0.3) is 0 Å². The molecule has 3 N–H and O–H groups in total. The number of nitrogens with one attached hydrogen (secondary N) is 1. The predicted molar refractivity (Wildman–Crippen MR) is 56.1 cm³/mol. The van der Waals surface area contributed by atoms with E-state index in [-0.39, 0.29) is 0 Å². The van der Waals surface area contributed by atoms with E-state index in [1.807, 2.05) is 12.1 Å². The minimum atomic E-state index is 0.707. The molecule has 0 amide bonds. The fraction of sp³-hybridized carbons (Fsp3) is 0.273. The molecule has 1 aliphatic heterocycles. The van der Waals surface area contributed by atoms with E-state index in [9.17, 15) is 0 Å². The lowest BCUT2D eigenvalue weighted by atomic mass is 10.1.